The minimum absolute atomic E-state index is 0.0537. The predicted octanol–water partition coefficient (Wildman–Crippen LogP) is 5.26. The first-order chi connectivity index (χ1) is 13.3. The quantitative estimate of drug-likeness (QED) is 0.578. The molecule has 0 saturated heterocycles. The van der Waals surface area contributed by atoms with Crippen molar-refractivity contribution in [1.82, 2.24) is 14.8 Å². The van der Waals surface area contributed by atoms with Crippen molar-refractivity contribution < 1.29 is 4.79 Å². The van der Waals surface area contributed by atoms with Gasteiger partial charge in [0, 0.05) is 10.7 Å². The summed E-state index contributed by atoms with van der Waals surface area (Å²) in [5.41, 5.74) is 3.76. The molecule has 7 heteroatoms. The number of rotatable bonds is 5. The highest BCUT2D eigenvalue weighted by atomic mass is 35.5. The fourth-order valence-electron chi connectivity index (χ4n) is 2.79. The van der Waals surface area contributed by atoms with E-state index in [1.807, 2.05) is 54.0 Å². The normalized spacial score (nSPS) is 11.5. The molecule has 1 amide bonds. The fourth-order valence-corrected chi connectivity index (χ4v) is 3.70. The second kappa shape index (κ2) is 8.37. The number of amides is 1. The van der Waals surface area contributed by atoms with Gasteiger partial charge in [0.25, 0.3) is 0 Å². The van der Waals surface area contributed by atoms with E-state index in [-0.39, 0.29) is 17.1 Å². The Labute approximate surface area is 174 Å². The van der Waals surface area contributed by atoms with Gasteiger partial charge in [-0.25, -0.2) is 0 Å². The van der Waals surface area contributed by atoms with Crippen LogP contribution < -0.4 is 5.32 Å². The molecule has 0 atom stereocenters. The van der Waals surface area contributed by atoms with Crippen molar-refractivity contribution in [3.63, 3.8) is 0 Å². The second-order valence-corrected chi connectivity index (χ2v) is 8.90. The Morgan fingerprint density at radius 2 is 1.96 bits per heavy atom. The van der Waals surface area contributed by atoms with E-state index < -0.39 is 0 Å². The van der Waals surface area contributed by atoms with E-state index in [0.717, 1.165) is 22.5 Å². The fraction of sp³-hybridized carbons (Fsp3) is 0.286. The van der Waals surface area contributed by atoms with Gasteiger partial charge in [-0.3, -0.25) is 9.36 Å². The van der Waals surface area contributed by atoms with Crippen LogP contribution in [0.2, 0.25) is 5.02 Å². The van der Waals surface area contributed by atoms with Crippen LogP contribution in [0.3, 0.4) is 0 Å². The number of nitrogens with one attached hydrogen (secondary N) is 1. The number of nitrogens with zero attached hydrogens (tertiary/aromatic N) is 3. The van der Waals surface area contributed by atoms with Crippen LogP contribution in [0.5, 0.6) is 0 Å². The number of aryl methyl sites for hydroxylation is 1. The molecule has 0 fully saturated rings. The van der Waals surface area contributed by atoms with E-state index in [2.05, 4.69) is 36.3 Å². The number of para-hydroxylation sites is 1. The Hall–Kier alpha value is -2.31. The molecule has 1 aromatic heterocycles. The first kappa shape index (κ1) is 20.4. The third-order valence-corrected chi connectivity index (χ3v) is 5.64. The third kappa shape index (κ3) is 4.75. The van der Waals surface area contributed by atoms with Gasteiger partial charge in [-0.1, -0.05) is 68.4 Å². The van der Waals surface area contributed by atoms with Crippen LogP contribution in [0.4, 0.5) is 5.69 Å². The Morgan fingerprint density at radius 1 is 1.21 bits per heavy atom. The highest BCUT2D eigenvalue weighted by Crippen LogP contribution is 2.29. The molecule has 0 saturated carbocycles. The van der Waals surface area contributed by atoms with Gasteiger partial charge in [0.05, 0.1) is 11.4 Å². The summed E-state index contributed by atoms with van der Waals surface area (Å²) in [6, 6.07) is 13.6. The summed E-state index contributed by atoms with van der Waals surface area (Å²) in [7, 11) is 0. The van der Waals surface area contributed by atoms with Crippen LogP contribution in [0.25, 0.3) is 5.69 Å². The molecule has 0 bridgehead atoms. The molecular weight excluding hydrogens is 392 g/mol. The van der Waals surface area contributed by atoms with Crippen LogP contribution in [-0.2, 0) is 10.2 Å². The van der Waals surface area contributed by atoms with Gasteiger partial charge in [-0.2, -0.15) is 0 Å². The van der Waals surface area contributed by atoms with Crippen molar-refractivity contribution in [3.05, 3.63) is 64.9 Å². The van der Waals surface area contributed by atoms with Crippen molar-refractivity contribution >= 4 is 35.0 Å². The summed E-state index contributed by atoms with van der Waals surface area (Å²) in [6.07, 6.45) is 1.62. The average molecular weight is 415 g/mol. The number of benzene rings is 2. The molecule has 2 aromatic carbocycles. The summed E-state index contributed by atoms with van der Waals surface area (Å²) in [5.74, 6) is 0.148. The first-order valence-corrected chi connectivity index (χ1v) is 10.3. The van der Waals surface area contributed by atoms with E-state index >= 15 is 0 Å². The lowest BCUT2D eigenvalue weighted by Gasteiger charge is -2.22. The molecule has 5 nitrogen and oxygen atoms in total. The molecule has 1 N–H and O–H groups in total. The molecule has 146 valence electrons. The molecule has 0 unspecified atom stereocenters. The SMILES string of the molecule is Cc1ccc(-n2cnnc2SCC(=O)Nc2ccccc2C(C)(C)C)cc1Cl. The van der Waals surface area contributed by atoms with E-state index in [1.165, 1.54) is 11.8 Å². The number of thioether (sulfide) groups is 1. The summed E-state index contributed by atoms with van der Waals surface area (Å²) in [4.78, 5) is 12.5. The Kier molecular flexibility index (Phi) is 6.10. The van der Waals surface area contributed by atoms with Gasteiger partial charge in [-0.15, -0.1) is 10.2 Å². The van der Waals surface area contributed by atoms with Gasteiger partial charge < -0.3 is 5.32 Å². The van der Waals surface area contributed by atoms with Crippen LogP contribution in [0, 0.1) is 6.92 Å². The molecule has 0 aliphatic rings. The van der Waals surface area contributed by atoms with Gasteiger partial charge in [-0.05, 0) is 41.7 Å². The van der Waals surface area contributed by atoms with Crippen LogP contribution in [0.15, 0.2) is 53.9 Å². The topological polar surface area (TPSA) is 59.8 Å². The highest BCUT2D eigenvalue weighted by molar-refractivity contribution is 7.99. The molecule has 3 rings (SSSR count). The largest absolute Gasteiger partial charge is 0.325 e. The van der Waals surface area contributed by atoms with Crippen LogP contribution in [0.1, 0.15) is 31.9 Å². The Balaban J connectivity index is 1.70. The van der Waals surface area contributed by atoms with Gasteiger partial charge in [0.1, 0.15) is 6.33 Å². The molecule has 0 radical (unpaired) electrons. The maximum absolute atomic E-state index is 12.5. The Morgan fingerprint density at radius 3 is 2.68 bits per heavy atom. The third-order valence-electron chi connectivity index (χ3n) is 4.29. The molecule has 3 aromatic rings. The van der Waals surface area contributed by atoms with Crippen molar-refractivity contribution in [2.75, 3.05) is 11.1 Å². The van der Waals surface area contributed by atoms with E-state index in [0.29, 0.717) is 10.2 Å². The molecule has 0 aliphatic heterocycles. The number of hydrogen-bond acceptors (Lipinski definition) is 4. The number of anilines is 1. The van der Waals surface area contributed by atoms with Gasteiger partial charge >= 0.3 is 0 Å². The lowest BCUT2D eigenvalue weighted by Crippen LogP contribution is -2.20. The summed E-state index contributed by atoms with van der Waals surface area (Å²) < 4.78 is 1.83. The zero-order valence-electron chi connectivity index (χ0n) is 16.4. The lowest BCUT2D eigenvalue weighted by molar-refractivity contribution is -0.113. The van der Waals surface area contributed by atoms with Crippen molar-refractivity contribution in [3.8, 4) is 5.69 Å². The summed E-state index contributed by atoms with van der Waals surface area (Å²) in [5, 5.41) is 12.4. The lowest BCUT2D eigenvalue weighted by atomic mass is 9.86. The maximum atomic E-state index is 12.5. The summed E-state index contributed by atoms with van der Waals surface area (Å²) in [6.45, 7) is 8.33. The number of aromatic nitrogens is 3. The molecule has 0 spiro atoms. The van der Waals surface area contributed by atoms with Crippen LogP contribution in [-0.4, -0.2) is 26.4 Å². The zero-order chi connectivity index (χ0) is 20.3. The molecule has 28 heavy (non-hydrogen) atoms. The number of halogens is 1. The monoisotopic (exact) mass is 414 g/mol. The van der Waals surface area contributed by atoms with Crippen molar-refractivity contribution in [2.45, 2.75) is 38.3 Å². The summed E-state index contributed by atoms with van der Waals surface area (Å²) >= 11 is 7.56. The number of hydrogen-bond donors (Lipinski definition) is 1. The molecule has 0 aliphatic carbocycles. The maximum Gasteiger partial charge on any atom is 0.234 e. The smallest absolute Gasteiger partial charge is 0.234 e. The second-order valence-electron chi connectivity index (χ2n) is 7.55. The standard InChI is InChI=1S/C21H23ClN4OS/c1-14-9-10-15(11-17(14)22)26-13-23-25-20(26)28-12-19(27)24-18-8-6-5-7-16(18)21(2,3)4/h5-11,13H,12H2,1-4H3,(H,24,27). The predicted molar refractivity (Wildman–Crippen MR) is 116 cm³/mol. The Bertz CT molecular complexity index is 994. The van der Waals surface area contributed by atoms with Gasteiger partial charge in [0.2, 0.25) is 5.91 Å². The number of carbonyl (C=O) groups excluding carboxylic acids is 1. The van der Waals surface area contributed by atoms with Crippen molar-refractivity contribution in [1.29, 1.82) is 0 Å². The van der Waals surface area contributed by atoms with Crippen molar-refractivity contribution in [2.24, 2.45) is 0 Å². The van der Waals surface area contributed by atoms with E-state index in [1.54, 1.807) is 6.33 Å². The zero-order valence-corrected chi connectivity index (χ0v) is 17.9. The van der Waals surface area contributed by atoms with E-state index in [9.17, 15) is 4.79 Å². The average Bonchev–Trinajstić information content (AvgIpc) is 3.10. The first-order valence-electron chi connectivity index (χ1n) is 8.94. The number of carbonyl (C=O) groups is 1. The minimum atomic E-state index is -0.0850. The van der Waals surface area contributed by atoms with Crippen LogP contribution >= 0.6 is 23.4 Å². The minimum Gasteiger partial charge on any atom is -0.325 e. The van der Waals surface area contributed by atoms with E-state index in [4.69, 9.17) is 11.6 Å². The molecular formula is C21H23ClN4OS. The van der Waals surface area contributed by atoms with Gasteiger partial charge in [0.15, 0.2) is 5.16 Å². The molecule has 1 heterocycles. The highest BCUT2D eigenvalue weighted by Gasteiger charge is 2.19.